The topological polar surface area (TPSA) is 72.9 Å². The molecule has 2 aromatic rings. The molecule has 2 aliphatic rings. The van der Waals surface area contributed by atoms with E-state index in [9.17, 15) is 13.2 Å². The summed E-state index contributed by atoms with van der Waals surface area (Å²) in [7, 11) is -3.92. The molecule has 7 heteroatoms. The van der Waals surface area contributed by atoms with Gasteiger partial charge in [0.2, 0.25) is 0 Å². The Hall–Kier alpha value is -2.80. The summed E-state index contributed by atoms with van der Waals surface area (Å²) in [5, 5.41) is 0. The van der Waals surface area contributed by atoms with Crippen molar-refractivity contribution in [3.63, 3.8) is 0 Å². The average molecular weight is 428 g/mol. The van der Waals surface area contributed by atoms with Gasteiger partial charge < -0.3 is 9.47 Å². The summed E-state index contributed by atoms with van der Waals surface area (Å²) in [5.74, 6) is 0.263. The lowest BCUT2D eigenvalue weighted by molar-refractivity contribution is -0.143. The third-order valence-corrected chi connectivity index (χ3v) is 7.31. The second-order valence-corrected chi connectivity index (χ2v) is 9.43. The van der Waals surface area contributed by atoms with Gasteiger partial charge in [0.25, 0.3) is 10.0 Å². The number of hydrogen-bond acceptors (Lipinski definition) is 5. The van der Waals surface area contributed by atoms with E-state index < -0.39 is 22.0 Å². The molecule has 0 saturated carbocycles. The van der Waals surface area contributed by atoms with E-state index in [0.717, 1.165) is 22.3 Å². The molecule has 0 fully saturated rings. The smallest absolute Gasteiger partial charge is 0.308 e. The Kier molecular flexibility index (Phi) is 5.32. The number of sulfonamides is 1. The van der Waals surface area contributed by atoms with Crippen molar-refractivity contribution in [3.8, 4) is 0 Å². The molecular weight excluding hydrogens is 402 g/mol. The molecule has 158 valence electrons. The predicted molar refractivity (Wildman–Crippen MR) is 115 cm³/mol. The van der Waals surface area contributed by atoms with E-state index in [2.05, 4.69) is 0 Å². The Balaban J connectivity index is 1.90. The number of ether oxygens (including phenoxy) is 2. The molecule has 1 atom stereocenters. The summed E-state index contributed by atoms with van der Waals surface area (Å²) in [6, 6.07) is 11.7. The van der Waals surface area contributed by atoms with Crippen LogP contribution in [0.15, 0.2) is 52.9 Å². The van der Waals surface area contributed by atoms with Crippen LogP contribution >= 0.6 is 0 Å². The molecule has 0 N–H and O–H groups in total. The van der Waals surface area contributed by atoms with Gasteiger partial charge in [-0.2, -0.15) is 0 Å². The van der Waals surface area contributed by atoms with E-state index in [4.69, 9.17) is 9.47 Å². The van der Waals surface area contributed by atoms with Crippen molar-refractivity contribution in [1.29, 1.82) is 0 Å². The first kappa shape index (κ1) is 20.5. The van der Waals surface area contributed by atoms with Gasteiger partial charge in [-0.15, -0.1) is 0 Å². The molecule has 2 aliphatic heterocycles. The second-order valence-electron chi connectivity index (χ2n) is 7.61. The quantitative estimate of drug-likeness (QED) is 0.675. The number of hydrogen-bond donors (Lipinski definition) is 0. The van der Waals surface area contributed by atoms with E-state index in [1.165, 1.54) is 4.31 Å². The number of nitrogens with zero attached hydrogens (tertiary/aromatic N) is 1. The standard InChI is InChI=1S/C23H25NO5S/c1-4-28-22(25)14-21-18-11-12-29-23(18)19-13-16(3)7-10-20(19)24(21)30(26,27)17-8-5-15(2)6-9-17/h5-10,13,21H,4,11-12,14H2,1-3H3. The predicted octanol–water partition coefficient (Wildman–Crippen LogP) is 3.97. The zero-order chi connectivity index (χ0) is 21.5. The summed E-state index contributed by atoms with van der Waals surface area (Å²) in [4.78, 5) is 12.6. The van der Waals surface area contributed by atoms with Crippen LogP contribution in [0, 0.1) is 13.8 Å². The van der Waals surface area contributed by atoms with Gasteiger partial charge in [0.05, 0.1) is 36.3 Å². The number of esters is 1. The van der Waals surface area contributed by atoms with Crippen molar-refractivity contribution < 1.29 is 22.7 Å². The van der Waals surface area contributed by atoms with E-state index in [1.807, 2.05) is 26.0 Å². The second kappa shape index (κ2) is 7.80. The van der Waals surface area contributed by atoms with Gasteiger partial charge in [-0.05, 0) is 45.0 Å². The number of aryl methyl sites for hydroxylation is 2. The number of rotatable bonds is 5. The largest absolute Gasteiger partial charge is 0.493 e. The molecular formula is C23H25NO5S. The average Bonchev–Trinajstić information content (AvgIpc) is 3.19. The minimum atomic E-state index is -3.92. The van der Waals surface area contributed by atoms with Crippen molar-refractivity contribution in [3.05, 3.63) is 64.7 Å². The van der Waals surface area contributed by atoms with E-state index >= 15 is 0 Å². The maximum Gasteiger partial charge on any atom is 0.308 e. The van der Waals surface area contributed by atoms with Gasteiger partial charge in [-0.1, -0.05) is 29.3 Å². The molecule has 0 aliphatic carbocycles. The molecule has 4 rings (SSSR count). The Morgan fingerprint density at radius 2 is 1.83 bits per heavy atom. The molecule has 0 saturated heterocycles. The lowest BCUT2D eigenvalue weighted by atomic mass is 9.92. The highest BCUT2D eigenvalue weighted by atomic mass is 32.2. The van der Waals surface area contributed by atoms with Gasteiger partial charge in [-0.25, -0.2) is 8.42 Å². The SMILES string of the molecule is CCOC(=O)CC1C2=C(OCC2)c2cc(C)ccc2N1S(=O)(=O)c1ccc(C)cc1. The first-order valence-corrected chi connectivity index (χ1v) is 11.5. The molecule has 0 spiro atoms. The van der Waals surface area contributed by atoms with Gasteiger partial charge in [0.1, 0.15) is 5.76 Å². The van der Waals surface area contributed by atoms with Crippen LogP contribution in [0.4, 0.5) is 5.69 Å². The van der Waals surface area contributed by atoms with E-state index in [0.29, 0.717) is 24.5 Å². The Morgan fingerprint density at radius 1 is 1.13 bits per heavy atom. The number of fused-ring (bicyclic) bond motifs is 2. The maximum absolute atomic E-state index is 13.8. The monoisotopic (exact) mass is 427 g/mol. The molecule has 2 heterocycles. The van der Waals surface area contributed by atoms with Crippen LogP contribution in [0.2, 0.25) is 0 Å². The summed E-state index contributed by atoms with van der Waals surface area (Å²) >= 11 is 0. The molecule has 6 nitrogen and oxygen atoms in total. The maximum atomic E-state index is 13.8. The van der Waals surface area contributed by atoms with Gasteiger partial charge in [0.15, 0.2) is 0 Å². The number of carbonyl (C=O) groups excluding carboxylic acids is 1. The minimum absolute atomic E-state index is 0.0611. The fourth-order valence-electron chi connectivity index (χ4n) is 4.08. The van der Waals surface area contributed by atoms with Crippen molar-refractivity contribution >= 4 is 27.4 Å². The highest BCUT2D eigenvalue weighted by Crippen LogP contribution is 2.46. The lowest BCUT2D eigenvalue weighted by Gasteiger charge is -2.38. The van der Waals surface area contributed by atoms with Crippen LogP contribution in [-0.4, -0.2) is 33.6 Å². The lowest BCUT2D eigenvalue weighted by Crippen LogP contribution is -2.45. The first-order valence-electron chi connectivity index (χ1n) is 10.1. The van der Waals surface area contributed by atoms with Crippen LogP contribution in [0.5, 0.6) is 0 Å². The highest BCUT2D eigenvalue weighted by Gasteiger charge is 2.43. The third kappa shape index (κ3) is 3.47. The molecule has 30 heavy (non-hydrogen) atoms. The zero-order valence-electron chi connectivity index (χ0n) is 17.3. The fraction of sp³-hybridized carbons (Fsp3) is 0.348. The van der Waals surface area contributed by atoms with E-state index in [1.54, 1.807) is 37.3 Å². The first-order chi connectivity index (χ1) is 14.3. The van der Waals surface area contributed by atoms with E-state index in [-0.39, 0.29) is 17.9 Å². The van der Waals surface area contributed by atoms with Crippen molar-refractivity contribution in [2.45, 2.75) is 44.6 Å². The minimum Gasteiger partial charge on any atom is -0.493 e. The van der Waals surface area contributed by atoms with Crippen molar-refractivity contribution in [2.24, 2.45) is 0 Å². The third-order valence-electron chi connectivity index (χ3n) is 5.47. The summed E-state index contributed by atoms with van der Waals surface area (Å²) in [6.07, 6.45) is 0.515. The molecule has 0 aromatic heterocycles. The highest BCUT2D eigenvalue weighted by molar-refractivity contribution is 7.92. The van der Waals surface area contributed by atoms with Crippen molar-refractivity contribution in [1.82, 2.24) is 0 Å². The van der Waals surface area contributed by atoms with Gasteiger partial charge >= 0.3 is 5.97 Å². The number of anilines is 1. The molecule has 2 aromatic carbocycles. The van der Waals surface area contributed by atoms with Crippen LogP contribution in [0.3, 0.4) is 0 Å². The van der Waals surface area contributed by atoms with Gasteiger partial charge in [-0.3, -0.25) is 9.10 Å². The summed E-state index contributed by atoms with van der Waals surface area (Å²) in [5.41, 5.74) is 4.08. The van der Waals surface area contributed by atoms with Crippen LogP contribution < -0.4 is 4.31 Å². The van der Waals surface area contributed by atoms with Crippen LogP contribution in [0.25, 0.3) is 5.76 Å². The Bertz CT molecular complexity index is 1120. The van der Waals surface area contributed by atoms with Crippen LogP contribution in [-0.2, 0) is 24.3 Å². The fourth-order valence-corrected chi connectivity index (χ4v) is 5.74. The number of carbonyl (C=O) groups is 1. The Labute approximate surface area is 177 Å². The molecule has 1 unspecified atom stereocenters. The Morgan fingerprint density at radius 3 is 2.53 bits per heavy atom. The molecule has 0 bridgehead atoms. The molecule has 0 amide bonds. The van der Waals surface area contributed by atoms with Crippen molar-refractivity contribution in [2.75, 3.05) is 17.5 Å². The normalized spacial score (nSPS) is 18.0. The number of benzene rings is 2. The summed E-state index contributed by atoms with van der Waals surface area (Å²) < 4.78 is 40.0. The van der Waals surface area contributed by atoms with Crippen LogP contribution in [0.1, 0.15) is 36.5 Å². The molecule has 0 radical (unpaired) electrons. The van der Waals surface area contributed by atoms with Gasteiger partial charge in [0, 0.05) is 17.6 Å². The summed E-state index contributed by atoms with van der Waals surface area (Å²) in [6.45, 7) is 6.32. The zero-order valence-corrected chi connectivity index (χ0v) is 18.2.